The van der Waals surface area contributed by atoms with Crippen LogP contribution >= 0.6 is 0 Å². The van der Waals surface area contributed by atoms with Crippen LogP contribution in [-0.2, 0) is 0 Å². The predicted octanol–water partition coefficient (Wildman–Crippen LogP) is 1.79. The molecule has 1 aromatic carbocycles. The van der Waals surface area contributed by atoms with E-state index in [1.807, 2.05) is 35.8 Å². The molecule has 0 radical (unpaired) electrons. The lowest BCUT2D eigenvalue weighted by molar-refractivity contribution is 0.110. The van der Waals surface area contributed by atoms with Crippen LogP contribution in [-0.4, -0.2) is 27.6 Å². The van der Waals surface area contributed by atoms with Crippen LogP contribution in [0.2, 0.25) is 0 Å². The number of carbonyl (C=O) groups excluding carboxylic acids is 1. The summed E-state index contributed by atoms with van der Waals surface area (Å²) in [6.07, 6.45) is 1.50. The average Bonchev–Trinajstić information content (AvgIpc) is 2.70. The number of imidazole rings is 1. The zero-order chi connectivity index (χ0) is 11.5. The molecule has 1 unspecified atom stereocenters. The van der Waals surface area contributed by atoms with Gasteiger partial charge in [-0.3, -0.25) is 4.79 Å². The van der Waals surface area contributed by atoms with Gasteiger partial charge < -0.3 is 9.67 Å². The van der Waals surface area contributed by atoms with Crippen molar-refractivity contribution < 1.29 is 9.90 Å². The number of para-hydroxylation sites is 2. The molecule has 0 aliphatic rings. The molecule has 16 heavy (non-hydrogen) atoms. The standard InChI is InChI=1S/C12H14N2O2/c1-2-9(7-15)14-11-6-4-3-5-10(11)13-12(14)8-16/h3-6,8-9,15H,2,7H2,1H3. The van der Waals surface area contributed by atoms with Gasteiger partial charge in [0.2, 0.25) is 0 Å². The number of rotatable bonds is 4. The van der Waals surface area contributed by atoms with Crippen molar-refractivity contribution in [3.05, 3.63) is 30.1 Å². The first-order valence-corrected chi connectivity index (χ1v) is 5.34. The van der Waals surface area contributed by atoms with E-state index in [0.29, 0.717) is 5.82 Å². The second-order valence-corrected chi connectivity index (χ2v) is 3.69. The first-order valence-electron chi connectivity index (χ1n) is 5.34. The summed E-state index contributed by atoms with van der Waals surface area (Å²) in [5.74, 6) is 0.377. The lowest BCUT2D eigenvalue weighted by atomic mass is 10.2. The van der Waals surface area contributed by atoms with Crippen molar-refractivity contribution in [2.75, 3.05) is 6.61 Å². The number of hydrogen-bond acceptors (Lipinski definition) is 3. The molecule has 0 spiro atoms. The van der Waals surface area contributed by atoms with Gasteiger partial charge >= 0.3 is 0 Å². The highest BCUT2D eigenvalue weighted by Crippen LogP contribution is 2.21. The SMILES string of the molecule is CCC(CO)n1c(C=O)nc2ccccc21. The highest BCUT2D eigenvalue weighted by Gasteiger charge is 2.16. The number of hydrogen-bond donors (Lipinski definition) is 1. The van der Waals surface area contributed by atoms with E-state index in [2.05, 4.69) is 4.98 Å². The molecule has 0 aliphatic carbocycles. The molecule has 4 heteroatoms. The number of aldehydes is 1. The highest BCUT2D eigenvalue weighted by molar-refractivity contribution is 5.83. The maximum atomic E-state index is 11.0. The third-order valence-electron chi connectivity index (χ3n) is 2.78. The van der Waals surface area contributed by atoms with Gasteiger partial charge in [-0.05, 0) is 18.6 Å². The van der Waals surface area contributed by atoms with E-state index in [9.17, 15) is 9.90 Å². The fourth-order valence-corrected chi connectivity index (χ4v) is 1.92. The van der Waals surface area contributed by atoms with Crippen molar-refractivity contribution in [3.8, 4) is 0 Å². The summed E-state index contributed by atoms with van der Waals surface area (Å²) in [6, 6.07) is 7.47. The third kappa shape index (κ3) is 1.61. The molecule has 0 fully saturated rings. The average molecular weight is 218 g/mol. The molecule has 0 aliphatic heterocycles. The van der Waals surface area contributed by atoms with Crippen LogP contribution in [0.25, 0.3) is 11.0 Å². The molecule has 84 valence electrons. The molecule has 0 saturated carbocycles. The first kappa shape index (κ1) is 10.8. The quantitative estimate of drug-likeness (QED) is 0.796. The van der Waals surface area contributed by atoms with E-state index in [1.54, 1.807) is 0 Å². The minimum atomic E-state index is -0.0902. The molecule has 4 nitrogen and oxygen atoms in total. The van der Waals surface area contributed by atoms with Gasteiger partial charge in [-0.15, -0.1) is 0 Å². The van der Waals surface area contributed by atoms with E-state index >= 15 is 0 Å². The van der Waals surface area contributed by atoms with Gasteiger partial charge in [-0.25, -0.2) is 4.98 Å². The topological polar surface area (TPSA) is 55.1 Å². The summed E-state index contributed by atoms with van der Waals surface area (Å²) in [4.78, 5) is 15.2. The van der Waals surface area contributed by atoms with Gasteiger partial charge in [0.05, 0.1) is 23.7 Å². The van der Waals surface area contributed by atoms with Gasteiger partial charge in [-0.1, -0.05) is 19.1 Å². The number of fused-ring (bicyclic) bond motifs is 1. The zero-order valence-electron chi connectivity index (χ0n) is 9.13. The Kier molecular flexibility index (Phi) is 3.01. The van der Waals surface area contributed by atoms with Crippen LogP contribution in [0.5, 0.6) is 0 Å². The molecular formula is C12H14N2O2. The maximum absolute atomic E-state index is 11.0. The van der Waals surface area contributed by atoms with Gasteiger partial charge in [0.25, 0.3) is 0 Å². The number of aliphatic hydroxyl groups excluding tert-OH is 1. The predicted molar refractivity (Wildman–Crippen MR) is 61.5 cm³/mol. The van der Waals surface area contributed by atoms with Crippen LogP contribution in [0.4, 0.5) is 0 Å². The highest BCUT2D eigenvalue weighted by atomic mass is 16.3. The van der Waals surface area contributed by atoms with Crippen LogP contribution in [0, 0.1) is 0 Å². The molecule has 2 aromatic rings. The Balaban J connectivity index is 2.68. The number of benzene rings is 1. The summed E-state index contributed by atoms with van der Waals surface area (Å²) in [5, 5.41) is 9.31. The van der Waals surface area contributed by atoms with Crippen molar-refractivity contribution in [3.63, 3.8) is 0 Å². The number of carbonyl (C=O) groups is 1. The van der Waals surface area contributed by atoms with Crippen molar-refractivity contribution in [1.82, 2.24) is 9.55 Å². The molecule has 1 atom stereocenters. The Bertz CT molecular complexity index is 501. The number of aliphatic hydroxyl groups is 1. The van der Waals surface area contributed by atoms with Crippen LogP contribution in [0.3, 0.4) is 0 Å². The van der Waals surface area contributed by atoms with Crippen LogP contribution < -0.4 is 0 Å². The molecule has 0 amide bonds. The normalized spacial score (nSPS) is 12.9. The Morgan fingerprint density at radius 2 is 2.25 bits per heavy atom. The van der Waals surface area contributed by atoms with E-state index < -0.39 is 0 Å². The lowest BCUT2D eigenvalue weighted by Gasteiger charge is -2.15. The van der Waals surface area contributed by atoms with Gasteiger partial charge in [0.1, 0.15) is 0 Å². The molecular weight excluding hydrogens is 204 g/mol. The van der Waals surface area contributed by atoms with E-state index in [1.165, 1.54) is 0 Å². The van der Waals surface area contributed by atoms with Gasteiger partial charge in [0, 0.05) is 0 Å². The fraction of sp³-hybridized carbons (Fsp3) is 0.333. The van der Waals surface area contributed by atoms with E-state index in [-0.39, 0.29) is 12.6 Å². The molecule has 1 heterocycles. The minimum Gasteiger partial charge on any atom is -0.394 e. The smallest absolute Gasteiger partial charge is 0.185 e. The maximum Gasteiger partial charge on any atom is 0.185 e. The second kappa shape index (κ2) is 4.45. The first-order chi connectivity index (χ1) is 7.81. The summed E-state index contributed by atoms with van der Waals surface area (Å²) in [5.41, 5.74) is 1.68. The van der Waals surface area contributed by atoms with Crippen molar-refractivity contribution in [1.29, 1.82) is 0 Å². The Morgan fingerprint density at radius 1 is 1.50 bits per heavy atom. The Labute approximate surface area is 93.5 Å². The molecule has 0 bridgehead atoms. The fourth-order valence-electron chi connectivity index (χ4n) is 1.92. The molecule has 1 N–H and O–H groups in total. The van der Waals surface area contributed by atoms with Crippen LogP contribution in [0.15, 0.2) is 24.3 Å². The third-order valence-corrected chi connectivity index (χ3v) is 2.78. The van der Waals surface area contributed by atoms with E-state index in [0.717, 1.165) is 23.7 Å². The lowest BCUT2D eigenvalue weighted by Crippen LogP contribution is -2.14. The van der Waals surface area contributed by atoms with E-state index in [4.69, 9.17) is 0 Å². The minimum absolute atomic E-state index is 0.0116. The summed E-state index contributed by atoms with van der Waals surface area (Å²) in [6.45, 7) is 1.99. The van der Waals surface area contributed by atoms with Crippen molar-refractivity contribution >= 4 is 17.3 Å². The molecule has 2 rings (SSSR count). The molecule has 0 saturated heterocycles. The Hall–Kier alpha value is -1.68. The van der Waals surface area contributed by atoms with Crippen molar-refractivity contribution in [2.45, 2.75) is 19.4 Å². The molecule has 1 aromatic heterocycles. The van der Waals surface area contributed by atoms with Gasteiger partial charge in [-0.2, -0.15) is 0 Å². The van der Waals surface area contributed by atoms with Crippen molar-refractivity contribution in [2.24, 2.45) is 0 Å². The summed E-state index contributed by atoms with van der Waals surface area (Å²) >= 11 is 0. The summed E-state index contributed by atoms with van der Waals surface area (Å²) < 4.78 is 1.81. The second-order valence-electron chi connectivity index (χ2n) is 3.69. The number of aromatic nitrogens is 2. The van der Waals surface area contributed by atoms with Crippen LogP contribution in [0.1, 0.15) is 30.0 Å². The largest absolute Gasteiger partial charge is 0.394 e. The summed E-state index contributed by atoms with van der Waals surface area (Å²) in [7, 11) is 0. The number of nitrogens with zero attached hydrogens (tertiary/aromatic N) is 2. The Morgan fingerprint density at radius 3 is 2.88 bits per heavy atom. The monoisotopic (exact) mass is 218 g/mol. The van der Waals surface area contributed by atoms with Gasteiger partial charge in [0.15, 0.2) is 12.1 Å². The zero-order valence-corrected chi connectivity index (χ0v) is 9.13.